The number of nitrogens with one attached hydrogen (secondary N) is 1. The van der Waals surface area contributed by atoms with Crippen molar-refractivity contribution in [3.63, 3.8) is 0 Å². The number of morpholine rings is 1. The second-order valence-corrected chi connectivity index (χ2v) is 7.73. The summed E-state index contributed by atoms with van der Waals surface area (Å²) in [6.07, 6.45) is 0.785. The molecule has 0 saturated carbocycles. The molecule has 0 aromatic heterocycles. The molecule has 7 nitrogen and oxygen atoms in total. The Morgan fingerprint density at radius 3 is 2.58 bits per heavy atom. The van der Waals surface area contributed by atoms with Crippen molar-refractivity contribution >= 4 is 11.7 Å². The van der Waals surface area contributed by atoms with Gasteiger partial charge in [0.05, 0.1) is 24.8 Å². The fourth-order valence-corrected chi connectivity index (χ4v) is 3.58. The molecule has 1 saturated heterocycles. The third-order valence-electron chi connectivity index (χ3n) is 5.60. The minimum absolute atomic E-state index is 0.463. The molecule has 1 heterocycles. The van der Waals surface area contributed by atoms with Crippen molar-refractivity contribution in [2.75, 3.05) is 44.8 Å². The van der Waals surface area contributed by atoms with Crippen LogP contribution in [0.5, 0.6) is 5.75 Å². The smallest absolute Gasteiger partial charge is 0.333 e. The average molecular weight is 424 g/mol. The van der Waals surface area contributed by atoms with E-state index in [1.54, 1.807) is 31.2 Å². The lowest BCUT2D eigenvalue weighted by atomic mass is 9.89. The molecule has 2 N–H and O–H groups in total. The maximum absolute atomic E-state index is 12.4. The number of benzene rings is 2. The summed E-state index contributed by atoms with van der Waals surface area (Å²) in [5.41, 5.74) is 1.33. The van der Waals surface area contributed by atoms with Crippen molar-refractivity contribution in [1.82, 2.24) is 4.90 Å². The highest BCUT2D eigenvalue weighted by Crippen LogP contribution is 2.35. The zero-order valence-electron chi connectivity index (χ0n) is 18.1. The molecule has 1 fully saturated rings. The molecule has 1 unspecified atom stereocenters. The van der Waals surface area contributed by atoms with E-state index in [0.717, 1.165) is 44.8 Å². The Morgan fingerprint density at radius 1 is 1.26 bits per heavy atom. The van der Waals surface area contributed by atoms with Crippen molar-refractivity contribution < 1.29 is 19.4 Å². The first-order valence-corrected chi connectivity index (χ1v) is 10.5. The highest BCUT2D eigenvalue weighted by Gasteiger charge is 2.38. The normalized spacial score (nSPS) is 16.2. The van der Waals surface area contributed by atoms with Gasteiger partial charge in [0.25, 0.3) is 0 Å². The molecule has 1 aliphatic heterocycles. The number of hydrogen-bond donors (Lipinski definition) is 2. The van der Waals surface area contributed by atoms with E-state index in [-0.39, 0.29) is 0 Å². The largest absolute Gasteiger partial charge is 0.492 e. The molecule has 0 amide bonds. The molecule has 0 bridgehead atoms. The highest BCUT2D eigenvalue weighted by molar-refractivity contribution is 5.85. The van der Waals surface area contributed by atoms with Gasteiger partial charge in [-0.15, -0.1) is 0 Å². The summed E-state index contributed by atoms with van der Waals surface area (Å²) in [4.78, 5) is 14.7. The van der Waals surface area contributed by atoms with E-state index < -0.39 is 11.5 Å². The van der Waals surface area contributed by atoms with Gasteiger partial charge >= 0.3 is 5.97 Å². The summed E-state index contributed by atoms with van der Waals surface area (Å²) in [7, 11) is 0. The predicted molar refractivity (Wildman–Crippen MR) is 118 cm³/mol. The number of aliphatic carboxylic acids is 1. The first-order chi connectivity index (χ1) is 15.0. The van der Waals surface area contributed by atoms with Gasteiger partial charge in [-0.05, 0) is 55.3 Å². The van der Waals surface area contributed by atoms with Crippen molar-refractivity contribution in [3.8, 4) is 11.8 Å². The zero-order valence-corrected chi connectivity index (χ0v) is 18.1. The number of nitrogens with zero attached hydrogens (tertiary/aromatic N) is 2. The van der Waals surface area contributed by atoms with Crippen LogP contribution < -0.4 is 10.1 Å². The van der Waals surface area contributed by atoms with E-state index in [1.807, 2.05) is 25.1 Å². The van der Waals surface area contributed by atoms with Crippen LogP contribution in [0.2, 0.25) is 0 Å². The lowest BCUT2D eigenvalue weighted by Crippen LogP contribution is -2.41. The Kier molecular flexibility index (Phi) is 7.50. The van der Waals surface area contributed by atoms with E-state index >= 15 is 0 Å². The van der Waals surface area contributed by atoms with Gasteiger partial charge in [0.15, 0.2) is 5.54 Å². The Hall–Kier alpha value is -3.08. The number of carboxylic acids is 1. The first kappa shape index (κ1) is 22.6. The molecule has 3 rings (SSSR count). The highest BCUT2D eigenvalue weighted by atomic mass is 16.5. The van der Waals surface area contributed by atoms with Crippen LogP contribution in [0.3, 0.4) is 0 Å². The first-order valence-electron chi connectivity index (χ1n) is 10.5. The molecule has 164 valence electrons. The molecule has 2 aromatic carbocycles. The summed E-state index contributed by atoms with van der Waals surface area (Å²) < 4.78 is 11.5. The fourth-order valence-electron chi connectivity index (χ4n) is 3.58. The van der Waals surface area contributed by atoms with E-state index in [9.17, 15) is 9.90 Å². The van der Waals surface area contributed by atoms with E-state index in [1.165, 1.54) is 0 Å². The van der Waals surface area contributed by atoms with E-state index in [2.05, 4.69) is 16.3 Å². The number of carboxylic acid groups (broad SMARTS) is 1. The number of carbonyl (C=O) groups is 1. The van der Waals surface area contributed by atoms with Crippen LogP contribution in [-0.4, -0.2) is 55.4 Å². The van der Waals surface area contributed by atoms with Crippen LogP contribution in [-0.2, 0) is 21.5 Å². The summed E-state index contributed by atoms with van der Waals surface area (Å²) >= 11 is 0. The third-order valence-corrected chi connectivity index (χ3v) is 5.60. The van der Waals surface area contributed by atoms with Crippen molar-refractivity contribution in [2.24, 2.45) is 0 Å². The Labute approximate surface area is 183 Å². The molecule has 31 heavy (non-hydrogen) atoms. The summed E-state index contributed by atoms with van der Waals surface area (Å²) in [6, 6.07) is 14.5. The zero-order chi connectivity index (χ0) is 22.3. The molecule has 1 aliphatic rings. The number of aryl methyl sites for hydroxylation is 1. The van der Waals surface area contributed by atoms with Crippen LogP contribution in [0.4, 0.5) is 5.69 Å². The van der Waals surface area contributed by atoms with Crippen LogP contribution in [0, 0.1) is 11.3 Å². The van der Waals surface area contributed by atoms with Gasteiger partial charge in [-0.3, -0.25) is 4.90 Å². The maximum Gasteiger partial charge on any atom is 0.333 e. The lowest BCUT2D eigenvalue weighted by molar-refractivity contribution is -0.142. The van der Waals surface area contributed by atoms with E-state index in [0.29, 0.717) is 29.2 Å². The Morgan fingerprint density at radius 2 is 1.97 bits per heavy atom. The van der Waals surface area contributed by atoms with Gasteiger partial charge in [-0.25, -0.2) is 4.79 Å². The minimum atomic E-state index is -1.41. The van der Waals surface area contributed by atoms with Crippen molar-refractivity contribution in [3.05, 3.63) is 59.2 Å². The van der Waals surface area contributed by atoms with Crippen molar-refractivity contribution in [1.29, 1.82) is 5.26 Å². The maximum atomic E-state index is 12.4. The second kappa shape index (κ2) is 10.3. The van der Waals surface area contributed by atoms with Crippen LogP contribution in [0.1, 0.15) is 30.5 Å². The number of nitriles is 1. The van der Waals surface area contributed by atoms with Gasteiger partial charge in [0.1, 0.15) is 12.4 Å². The number of rotatable bonds is 9. The van der Waals surface area contributed by atoms with Gasteiger partial charge in [-0.1, -0.05) is 13.0 Å². The van der Waals surface area contributed by atoms with Crippen LogP contribution >= 0.6 is 0 Å². The lowest BCUT2D eigenvalue weighted by Gasteiger charge is -2.31. The van der Waals surface area contributed by atoms with E-state index in [4.69, 9.17) is 14.7 Å². The monoisotopic (exact) mass is 423 g/mol. The second-order valence-electron chi connectivity index (χ2n) is 7.73. The molecule has 1 atom stereocenters. The van der Waals surface area contributed by atoms with Gasteiger partial charge in [0.2, 0.25) is 0 Å². The van der Waals surface area contributed by atoms with Crippen molar-refractivity contribution in [2.45, 2.75) is 25.8 Å². The summed E-state index contributed by atoms with van der Waals surface area (Å²) in [5.74, 6) is -0.459. The molecule has 0 radical (unpaired) electrons. The SMILES string of the molecule is CCc1ccc(OCCN2CCOCC2)c(C(C)(Nc2ccc(C#N)cc2)C(=O)O)c1. The molecule has 0 aliphatic carbocycles. The Bertz CT molecular complexity index is 933. The third kappa shape index (κ3) is 5.54. The number of hydrogen-bond acceptors (Lipinski definition) is 6. The number of anilines is 1. The minimum Gasteiger partial charge on any atom is -0.492 e. The van der Waals surface area contributed by atoms with Gasteiger partial charge in [0, 0.05) is 30.9 Å². The predicted octanol–water partition coefficient (Wildman–Crippen LogP) is 3.24. The Balaban J connectivity index is 1.85. The molecule has 2 aromatic rings. The topological polar surface area (TPSA) is 94.8 Å². The standard InChI is InChI=1S/C24H29N3O4/c1-3-18-6-9-22(31-15-12-27-10-13-30-14-11-27)21(16-18)24(2,23(28)29)26-20-7-4-19(17-25)5-8-20/h4-9,16,26H,3,10-15H2,1-2H3,(H,28,29). The quantitative estimate of drug-likeness (QED) is 0.639. The molecule has 0 spiro atoms. The van der Waals surface area contributed by atoms with Gasteiger partial charge < -0.3 is 19.9 Å². The fraction of sp³-hybridized carbons (Fsp3) is 0.417. The molecular weight excluding hydrogens is 394 g/mol. The average Bonchev–Trinajstić information content (AvgIpc) is 2.80. The van der Waals surface area contributed by atoms with Crippen LogP contribution in [0.15, 0.2) is 42.5 Å². The number of ether oxygens (including phenoxy) is 2. The van der Waals surface area contributed by atoms with Gasteiger partial charge in [-0.2, -0.15) is 5.26 Å². The summed E-state index contributed by atoms with van der Waals surface area (Å²) in [5, 5.41) is 22.3. The molecule has 7 heteroatoms. The molecular formula is C24H29N3O4. The van der Waals surface area contributed by atoms with Crippen LogP contribution in [0.25, 0.3) is 0 Å². The summed E-state index contributed by atoms with van der Waals surface area (Å²) in [6.45, 7) is 8.08.